The van der Waals surface area contributed by atoms with Crippen LogP contribution < -0.4 is 5.32 Å². The van der Waals surface area contributed by atoms with Crippen LogP contribution in [0.25, 0.3) is 0 Å². The first-order valence-corrected chi connectivity index (χ1v) is 4.17. The van der Waals surface area contributed by atoms with Crippen LogP contribution in [0.5, 0.6) is 0 Å². The Hall–Kier alpha value is -1.26. The predicted molar refractivity (Wildman–Crippen MR) is 46.5 cm³/mol. The van der Waals surface area contributed by atoms with Crippen LogP contribution >= 0.6 is 0 Å². The quantitative estimate of drug-likeness (QED) is 0.691. The zero-order chi connectivity index (χ0) is 10.4. The second-order valence-electron chi connectivity index (χ2n) is 2.90. The van der Waals surface area contributed by atoms with Crippen LogP contribution in [0, 0.1) is 0 Å². The Morgan fingerprint density at radius 2 is 2.00 bits per heavy atom. The highest BCUT2D eigenvalue weighted by Gasteiger charge is 2.18. The summed E-state index contributed by atoms with van der Waals surface area (Å²) in [6.07, 6.45) is -0.599. The van der Waals surface area contributed by atoms with E-state index < -0.39 is 18.1 Å². The van der Waals surface area contributed by atoms with E-state index in [1.54, 1.807) is 20.8 Å². The monoisotopic (exact) mass is 189 g/mol. The van der Waals surface area contributed by atoms with Crippen molar-refractivity contribution in [2.24, 2.45) is 0 Å². The van der Waals surface area contributed by atoms with Crippen LogP contribution in [-0.4, -0.2) is 29.3 Å². The van der Waals surface area contributed by atoms with Crippen molar-refractivity contribution in [2.75, 3.05) is 0 Å². The SMILES string of the molecule is CCC(NC(=O)OC(C)C)C(=O)O. The molecule has 0 aliphatic heterocycles. The molecule has 0 spiro atoms. The molecule has 0 aromatic carbocycles. The third kappa shape index (κ3) is 5.05. The summed E-state index contributed by atoms with van der Waals surface area (Å²) >= 11 is 0. The minimum Gasteiger partial charge on any atom is -0.480 e. The van der Waals surface area contributed by atoms with Gasteiger partial charge in [0.25, 0.3) is 0 Å². The number of alkyl carbamates (subject to hydrolysis) is 1. The molecule has 2 N–H and O–H groups in total. The first-order valence-electron chi connectivity index (χ1n) is 4.17. The Morgan fingerprint density at radius 1 is 1.46 bits per heavy atom. The Bertz CT molecular complexity index is 191. The summed E-state index contributed by atoms with van der Waals surface area (Å²) in [5, 5.41) is 10.8. The number of amides is 1. The van der Waals surface area contributed by atoms with E-state index in [-0.39, 0.29) is 6.10 Å². The number of aliphatic carboxylic acids is 1. The van der Waals surface area contributed by atoms with Gasteiger partial charge in [0.05, 0.1) is 6.10 Å². The molecule has 0 aromatic rings. The maximum absolute atomic E-state index is 10.9. The molecule has 0 aliphatic rings. The third-order valence-electron chi connectivity index (χ3n) is 1.34. The molecule has 1 unspecified atom stereocenters. The first kappa shape index (κ1) is 11.7. The lowest BCUT2D eigenvalue weighted by Gasteiger charge is -2.13. The van der Waals surface area contributed by atoms with Crippen LogP contribution in [0.15, 0.2) is 0 Å². The molecule has 5 nitrogen and oxygen atoms in total. The standard InChI is InChI=1S/C8H15NO4/c1-4-6(7(10)11)9-8(12)13-5(2)3/h5-6H,4H2,1-3H3,(H,9,12)(H,10,11). The van der Waals surface area contributed by atoms with Gasteiger partial charge in [-0.2, -0.15) is 0 Å². The third-order valence-corrected chi connectivity index (χ3v) is 1.34. The van der Waals surface area contributed by atoms with Crippen LogP contribution in [0.4, 0.5) is 4.79 Å². The maximum atomic E-state index is 10.9. The zero-order valence-corrected chi connectivity index (χ0v) is 8.03. The maximum Gasteiger partial charge on any atom is 0.408 e. The lowest BCUT2D eigenvalue weighted by molar-refractivity contribution is -0.139. The Balaban J connectivity index is 3.94. The molecule has 0 rings (SSSR count). The van der Waals surface area contributed by atoms with Crippen molar-refractivity contribution in [3.8, 4) is 0 Å². The molecule has 0 bridgehead atoms. The number of carboxylic acid groups (broad SMARTS) is 1. The van der Waals surface area contributed by atoms with Crippen molar-refractivity contribution in [2.45, 2.75) is 39.3 Å². The van der Waals surface area contributed by atoms with Gasteiger partial charge in [0, 0.05) is 0 Å². The van der Waals surface area contributed by atoms with E-state index in [1.807, 2.05) is 0 Å². The second-order valence-corrected chi connectivity index (χ2v) is 2.90. The Kier molecular flexibility index (Phi) is 4.87. The molecule has 13 heavy (non-hydrogen) atoms. The normalized spacial score (nSPS) is 12.3. The van der Waals surface area contributed by atoms with Crippen molar-refractivity contribution in [1.82, 2.24) is 5.32 Å². The summed E-state index contributed by atoms with van der Waals surface area (Å²) in [7, 11) is 0. The van der Waals surface area contributed by atoms with Gasteiger partial charge in [-0.25, -0.2) is 9.59 Å². The molecule has 0 radical (unpaired) electrons. The van der Waals surface area contributed by atoms with E-state index in [9.17, 15) is 9.59 Å². The summed E-state index contributed by atoms with van der Waals surface area (Å²) in [6, 6.07) is -0.869. The molecule has 0 saturated heterocycles. The molecular formula is C8H15NO4. The van der Waals surface area contributed by atoms with Crippen molar-refractivity contribution in [3.05, 3.63) is 0 Å². The van der Waals surface area contributed by atoms with Gasteiger partial charge in [-0.05, 0) is 20.3 Å². The number of ether oxygens (including phenoxy) is 1. The minimum atomic E-state index is -1.05. The highest BCUT2D eigenvalue weighted by Crippen LogP contribution is 1.94. The van der Waals surface area contributed by atoms with E-state index in [1.165, 1.54) is 0 Å². The smallest absolute Gasteiger partial charge is 0.408 e. The van der Waals surface area contributed by atoms with Gasteiger partial charge >= 0.3 is 12.1 Å². The van der Waals surface area contributed by atoms with Gasteiger partial charge in [0.2, 0.25) is 0 Å². The van der Waals surface area contributed by atoms with E-state index >= 15 is 0 Å². The molecule has 0 heterocycles. The van der Waals surface area contributed by atoms with Crippen LogP contribution in [0.2, 0.25) is 0 Å². The highest BCUT2D eigenvalue weighted by molar-refractivity contribution is 5.79. The van der Waals surface area contributed by atoms with Gasteiger partial charge < -0.3 is 15.2 Å². The van der Waals surface area contributed by atoms with Gasteiger partial charge in [0.1, 0.15) is 6.04 Å². The van der Waals surface area contributed by atoms with Gasteiger partial charge in [-0.15, -0.1) is 0 Å². The zero-order valence-electron chi connectivity index (χ0n) is 8.03. The number of carbonyl (C=O) groups excluding carboxylic acids is 1. The topological polar surface area (TPSA) is 75.6 Å². The fraction of sp³-hybridized carbons (Fsp3) is 0.750. The van der Waals surface area contributed by atoms with Crippen LogP contribution in [0.1, 0.15) is 27.2 Å². The lowest BCUT2D eigenvalue weighted by atomic mass is 10.2. The van der Waals surface area contributed by atoms with Gasteiger partial charge in [0.15, 0.2) is 0 Å². The lowest BCUT2D eigenvalue weighted by Crippen LogP contribution is -2.41. The summed E-state index contributed by atoms with van der Waals surface area (Å²) in [6.45, 7) is 5.07. The van der Waals surface area contributed by atoms with E-state index in [4.69, 9.17) is 9.84 Å². The number of hydrogen-bond donors (Lipinski definition) is 2. The molecule has 1 amide bonds. The Labute approximate surface area is 77.1 Å². The van der Waals surface area contributed by atoms with Crippen LogP contribution in [-0.2, 0) is 9.53 Å². The van der Waals surface area contributed by atoms with E-state index in [0.717, 1.165) is 0 Å². The van der Waals surface area contributed by atoms with E-state index in [0.29, 0.717) is 6.42 Å². The number of nitrogens with one attached hydrogen (secondary N) is 1. The minimum absolute atomic E-state index is 0.244. The Morgan fingerprint density at radius 3 is 2.31 bits per heavy atom. The van der Waals surface area contributed by atoms with E-state index in [2.05, 4.69) is 5.32 Å². The number of rotatable bonds is 4. The summed E-state index contributed by atoms with van der Waals surface area (Å²) in [4.78, 5) is 21.4. The van der Waals surface area contributed by atoms with Crippen LogP contribution in [0.3, 0.4) is 0 Å². The van der Waals surface area contributed by atoms with Gasteiger partial charge in [-0.3, -0.25) is 0 Å². The number of carbonyl (C=O) groups is 2. The summed E-state index contributed by atoms with van der Waals surface area (Å²) in [5.41, 5.74) is 0. The molecular weight excluding hydrogens is 174 g/mol. The fourth-order valence-corrected chi connectivity index (χ4v) is 0.729. The number of carboxylic acids is 1. The molecule has 0 fully saturated rings. The fourth-order valence-electron chi connectivity index (χ4n) is 0.729. The van der Waals surface area contributed by atoms with Crippen molar-refractivity contribution in [1.29, 1.82) is 0 Å². The molecule has 0 aliphatic carbocycles. The highest BCUT2D eigenvalue weighted by atomic mass is 16.6. The van der Waals surface area contributed by atoms with Crippen molar-refractivity contribution in [3.63, 3.8) is 0 Å². The molecule has 5 heteroatoms. The molecule has 1 atom stereocenters. The second kappa shape index (κ2) is 5.40. The predicted octanol–water partition coefficient (Wildman–Crippen LogP) is 0.984. The molecule has 0 saturated carbocycles. The average Bonchev–Trinajstić information content (AvgIpc) is 1.98. The summed E-state index contributed by atoms with van der Waals surface area (Å²) < 4.78 is 4.72. The van der Waals surface area contributed by atoms with Crippen molar-refractivity contribution < 1.29 is 19.4 Å². The van der Waals surface area contributed by atoms with Gasteiger partial charge in [-0.1, -0.05) is 6.92 Å². The van der Waals surface area contributed by atoms with Crippen molar-refractivity contribution >= 4 is 12.1 Å². The number of hydrogen-bond acceptors (Lipinski definition) is 3. The molecule has 0 aromatic heterocycles. The molecule has 76 valence electrons. The summed E-state index contributed by atoms with van der Waals surface area (Å²) in [5.74, 6) is -1.05. The first-order chi connectivity index (χ1) is 5.97. The largest absolute Gasteiger partial charge is 0.480 e. The average molecular weight is 189 g/mol.